The highest BCUT2D eigenvalue weighted by molar-refractivity contribution is 6.08. The summed E-state index contributed by atoms with van der Waals surface area (Å²) in [5.41, 5.74) is 1.37. The van der Waals surface area contributed by atoms with Crippen LogP contribution in [0.1, 0.15) is 30.6 Å². The van der Waals surface area contributed by atoms with Gasteiger partial charge in [-0.2, -0.15) is 0 Å². The van der Waals surface area contributed by atoms with Crippen LogP contribution in [0.3, 0.4) is 0 Å². The Kier molecular flexibility index (Phi) is 4.93. The Hall–Kier alpha value is -1.65. The number of benzene rings is 1. The summed E-state index contributed by atoms with van der Waals surface area (Å²) in [5, 5.41) is 9.79. The van der Waals surface area contributed by atoms with Gasteiger partial charge in [0.1, 0.15) is 11.8 Å². The van der Waals surface area contributed by atoms with Crippen LogP contribution in [0, 0.1) is 0 Å². The van der Waals surface area contributed by atoms with Crippen LogP contribution < -0.4 is 0 Å². The van der Waals surface area contributed by atoms with Gasteiger partial charge in [0.15, 0.2) is 5.78 Å². The molecule has 1 aromatic heterocycles. The van der Waals surface area contributed by atoms with Gasteiger partial charge in [-0.25, -0.2) is 0 Å². The summed E-state index contributed by atoms with van der Waals surface area (Å²) >= 11 is 0. The van der Waals surface area contributed by atoms with Crippen molar-refractivity contribution >= 4 is 16.8 Å². The van der Waals surface area contributed by atoms with E-state index in [0.717, 1.165) is 17.5 Å². The summed E-state index contributed by atoms with van der Waals surface area (Å²) in [7, 11) is 0. The Balaban J connectivity index is 2.14. The molecule has 0 spiro atoms. The van der Waals surface area contributed by atoms with Crippen molar-refractivity contribution in [2.75, 3.05) is 19.7 Å². The van der Waals surface area contributed by atoms with Crippen molar-refractivity contribution in [1.82, 2.24) is 4.90 Å². The van der Waals surface area contributed by atoms with E-state index in [-0.39, 0.29) is 18.4 Å². The summed E-state index contributed by atoms with van der Waals surface area (Å²) in [4.78, 5) is 14.5. The fraction of sp³-hybridized carbons (Fsp3) is 0.438. The smallest absolute Gasteiger partial charge is 0.180 e. The Morgan fingerprint density at radius 2 is 2.10 bits per heavy atom. The van der Waals surface area contributed by atoms with Crippen LogP contribution in [-0.2, 0) is 0 Å². The highest BCUT2D eigenvalue weighted by Gasteiger charge is 2.18. The second-order valence-electron chi connectivity index (χ2n) is 5.21. The molecule has 0 radical (unpaired) electrons. The average Bonchev–Trinajstić information content (AvgIpc) is 2.87. The number of para-hydroxylation sites is 1. The molecular weight excluding hydrogens is 254 g/mol. The third-order valence-corrected chi connectivity index (χ3v) is 3.46. The Bertz CT molecular complexity index is 574. The molecule has 4 heteroatoms. The molecule has 0 aliphatic rings. The van der Waals surface area contributed by atoms with Crippen LogP contribution in [0.15, 0.2) is 34.9 Å². The van der Waals surface area contributed by atoms with E-state index >= 15 is 0 Å². The summed E-state index contributed by atoms with van der Waals surface area (Å²) in [6.45, 7) is 5.32. The molecule has 1 aromatic carbocycles. The lowest BCUT2D eigenvalue weighted by atomic mass is 10.1. The van der Waals surface area contributed by atoms with Gasteiger partial charge in [-0.05, 0) is 26.3 Å². The summed E-state index contributed by atoms with van der Waals surface area (Å²) in [6, 6.07) is 7.82. The number of carbonyl (C=O) groups excluding carboxylic acids is 1. The topological polar surface area (TPSA) is 53.7 Å². The molecule has 0 unspecified atom stereocenters. The summed E-state index contributed by atoms with van der Waals surface area (Å²) in [6.07, 6.45) is 2.22. The van der Waals surface area contributed by atoms with E-state index < -0.39 is 0 Å². The number of Topliss-reactive ketones (excluding diaryl/α,β-unsaturated/α-hetero) is 1. The van der Waals surface area contributed by atoms with Crippen molar-refractivity contribution in [2.45, 2.75) is 26.3 Å². The minimum atomic E-state index is 0.0570. The molecule has 0 aliphatic carbocycles. The monoisotopic (exact) mass is 275 g/mol. The molecule has 0 amide bonds. The molecule has 0 bridgehead atoms. The van der Waals surface area contributed by atoms with E-state index in [2.05, 4.69) is 18.7 Å². The first-order valence-electron chi connectivity index (χ1n) is 6.98. The Morgan fingerprint density at radius 3 is 2.80 bits per heavy atom. The van der Waals surface area contributed by atoms with E-state index in [1.54, 1.807) is 0 Å². The highest BCUT2D eigenvalue weighted by Crippen LogP contribution is 2.21. The van der Waals surface area contributed by atoms with Crippen molar-refractivity contribution in [3.8, 4) is 0 Å². The number of aliphatic hydroxyl groups excluding tert-OH is 1. The maximum atomic E-state index is 12.4. The quantitative estimate of drug-likeness (QED) is 0.789. The van der Waals surface area contributed by atoms with Crippen molar-refractivity contribution in [1.29, 1.82) is 0 Å². The van der Waals surface area contributed by atoms with Gasteiger partial charge >= 0.3 is 0 Å². The number of ketones is 1. The average molecular weight is 275 g/mol. The van der Waals surface area contributed by atoms with E-state index in [1.165, 1.54) is 6.26 Å². The van der Waals surface area contributed by atoms with Gasteiger partial charge in [-0.15, -0.1) is 0 Å². The number of furan rings is 1. The number of carbonyl (C=O) groups is 1. The Labute approximate surface area is 119 Å². The highest BCUT2D eigenvalue weighted by atomic mass is 16.3. The van der Waals surface area contributed by atoms with E-state index in [4.69, 9.17) is 9.52 Å². The maximum Gasteiger partial charge on any atom is 0.180 e. The number of hydrogen-bond donors (Lipinski definition) is 1. The van der Waals surface area contributed by atoms with Crippen molar-refractivity contribution < 1.29 is 14.3 Å². The molecule has 108 valence electrons. The predicted molar refractivity (Wildman–Crippen MR) is 79.0 cm³/mol. The van der Waals surface area contributed by atoms with E-state index in [0.29, 0.717) is 18.5 Å². The second-order valence-corrected chi connectivity index (χ2v) is 5.21. The molecule has 0 saturated carbocycles. The first kappa shape index (κ1) is 14.8. The lowest BCUT2D eigenvalue weighted by Crippen LogP contribution is -2.36. The second kappa shape index (κ2) is 6.68. The van der Waals surface area contributed by atoms with Gasteiger partial charge in [0.25, 0.3) is 0 Å². The van der Waals surface area contributed by atoms with E-state index in [9.17, 15) is 4.79 Å². The van der Waals surface area contributed by atoms with Crippen LogP contribution in [0.2, 0.25) is 0 Å². The summed E-state index contributed by atoms with van der Waals surface area (Å²) < 4.78 is 5.41. The van der Waals surface area contributed by atoms with Crippen molar-refractivity contribution in [3.63, 3.8) is 0 Å². The normalized spacial score (nSPS) is 11.7. The molecule has 2 rings (SSSR count). The zero-order valence-electron chi connectivity index (χ0n) is 12.0. The molecular formula is C16H21NO3. The number of hydrogen-bond acceptors (Lipinski definition) is 4. The molecule has 20 heavy (non-hydrogen) atoms. The van der Waals surface area contributed by atoms with Gasteiger partial charge in [0, 0.05) is 24.6 Å². The fourth-order valence-corrected chi connectivity index (χ4v) is 2.26. The SMILES string of the molecule is CC(C)N(CCCO)CC(=O)c1coc2ccccc12. The third-order valence-electron chi connectivity index (χ3n) is 3.46. The predicted octanol–water partition coefficient (Wildman–Crippen LogP) is 2.71. The van der Waals surface area contributed by atoms with Crippen LogP contribution in [0.4, 0.5) is 0 Å². The van der Waals surface area contributed by atoms with Gasteiger partial charge in [0.2, 0.25) is 0 Å². The maximum absolute atomic E-state index is 12.4. The largest absolute Gasteiger partial charge is 0.464 e. The number of rotatable bonds is 7. The number of nitrogens with zero attached hydrogens (tertiary/aromatic N) is 1. The lowest BCUT2D eigenvalue weighted by molar-refractivity contribution is 0.0897. The van der Waals surface area contributed by atoms with Gasteiger partial charge < -0.3 is 9.52 Å². The van der Waals surface area contributed by atoms with E-state index in [1.807, 2.05) is 24.3 Å². The van der Waals surface area contributed by atoms with Crippen molar-refractivity contribution in [3.05, 3.63) is 36.1 Å². The van der Waals surface area contributed by atoms with Gasteiger partial charge in [-0.3, -0.25) is 9.69 Å². The molecule has 4 nitrogen and oxygen atoms in total. The molecule has 2 aromatic rings. The first-order valence-corrected chi connectivity index (χ1v) is 6.98. The molecule has 0 saturated heterocycles. The van der Waals surface area contributed by atoms with Gasteiger partial charge in [-0.1, -0.05) is 18.2 Å². The first-order chi connectivity index (χ1) is 9.63. The number of fused-ring (bicyclic) bond motifs is 1. The van der Waals surface area contributed by atoms with Gasteiger partial charge in [0.05, 0.1) is 12.1 Å². The molecule has 1 N–H and O–H groups in total. The number of aliphatic hydroxyl groups is 1. The molecule has 0 fully saturated rings. The third kappa shape index (κ3) is 3.26. The minimum absolute atomic E-state index is 0.0570. The fourth-order valence-electron chi connectivity index (χ4n) is 2.26. The van der Waals surface area contributed by atoms with Crippen LogP contribution in [0.25, 0.3) is 11.0 Å². The van der Waals surface area contributed by atoms with Crippen LogP contribution in [0.5, 0.6) is 0 Å². The lowest BCUT2D eigenvalue weighted by Gasteiger charge is -2.25. The molecule has 0 atom stereocenters. The minimum Gasteiger partial charge on any atom is -0.464 e. The van der Waals surface area contributed by atoms with Crippen LogP contribution in [-0.4, -0.2) is 41.5 Å². The zero-order chi connectivity index (χ0) is 14.5. The molecule has 1 heterocycles. The van der Waals surface area contributed by atoms with Crippen LogP contribution >= 0.6 is 0 Å². The zero-order valence-corrected chi connectivity index (χ0v) is 12.0. The summed E-state index contributed by atoms with van der Waals surface area (Å²) in [5.74, 6) is 0.0570. The molecule has 0 aliphatic heterocycles. The Morgan fingerprint density at radius 1 is 1.35 bits per heavy atom. The standard InChI is InChI=1S/C16H21NO3/c1-12(2)17(8-5-9-18)10-15(19)14-11-20-16-7-4-3-6-13(14)16/h3-4,6-7,11-12,18H,5,8-10H2,1-2H3. The van der Waals surface area contributed by atoms with Crippen molar-refractivity contribution in [2.24, 2.45) is 0 Å².